The zero-order chi connectivity index (χ0) is 14.8. The lowest BCUT2D eigenvalue weighted by Crippen LogP contribution is -1.79. The highest BCUT2D eigenvalue weighted by Crippen LogP contribution is 2.40. The van der Waals surface area contributed by atoms with Gasteiger partial charge >= 0.3 is 0 Å². The molecule has 0 N–H and O–H groups in total. The third-order valence-corrected chi connectivity index (χ3v) is 5.37. The van der Waals surface area contributed by atoms with E-state index < -0.39 is 0 Å². The normalized spacial score (nSPS) is 12.1. The standard InChI is InChI=1S/C19H12INO/c1-11-6-8-15-14(10-11)12-7-9-17-18(19(12)21(15)20)13-4-2-3-5-16(13)22-17/h2-10H,1H3. The Hall–Kier alpha value is -2.01. The van der Waals surface area contributed by atoms with E-state index in [9.17, 15) is 0 Å². The summed E-state index contributed by atoms with van der Waals surface area (Å²) in [5, 5.41) is 4.97. The number of aryl methyl sites for hydroxylation is 1. The molecule has 2 nitrogen and oxygen atoms in total. The van der Waals surface area contributed by atoms with Crippen molar-refractivity contribution in [1.82, 2.24) is 2.78 Å². The highest BCUT2D eigenvalue weighted by atomic mass is 127. The number of furan rings is 1. The molecule has 3 heteroatoms. The molecule has 0 bridgehead atoms. The molecule has 0 radical (unpaired) electrons. The summed E-state index contributed by atoms with van der Waals surface area (Å²) in [6.07, 6.45) is 0. The number of nitrogens with zero attached hydrogens (tertiary/aromatic N) is 1. The molecule has 0 amide bonds. The van der Waals surface area contributed by atoms with Crippen LogP contribution in [0, 0.1) is 6.92 Å². The summed E-state index contributed by atoms with van der Waals surface area (Å²) < 4.78 is 8.27. The first-order valence-corrected chi connectivity index (χ1v) is 8.22. The number of rotatable bonds is 0. The monoisotopic (exact) mass is 397 g/mol. The topological polar surface area (TPSA) is 18.1 Å². The van der Waals surface area contributed by atoms with E-state index in [0.29, 0.717) is 0 Å². The van der Waals surface area contributed by atoms with Crippen LogP contribution >= 0.6 is 22.9 Å². The maximum absolute atomic E-state index is 6.02. The number of fused-ring (bicyclic) bond motifs is 7. The van der Waals surface area contributed by atoms with Crippen molar-refractivity contribution in [3.05, 3.63) is 60.2 Å². The first-order chi connectivity index (χ1) is 10.7. The number of halogens is 1. The van der Waals surface area contributed by atoms with Gasteiger partial charge in [0.25, 0.3) is 0 Å². The van der Waals surface area contributed by atoms with Crippen molar-refractivity contribution in [2.45, 2.75) is 6.92 Å². The zero-order valence-corrected chi connectivity index (χ0v) is 14.1. The Labute approximate surface area is 140 Å². The Morgan fingerprint density at radius 2 is 1.73 bits per heavy atom. The summed E-state index contributed by atoms with van der Waals surface area (Å²) in [6.45, 7) is 2.14. The first-order valence-electron chi connectivity index (χ1n) is 7.25. The average Bonchev–Trinajstić information content (AvgIpc) is 3.03. The molecule has 0 aliphatic rings. The molecule has 0 atom stereocenters. The molecule has 22 heavy (non-hydrogen) atoms. The van der Waals surface area contributed by atoms with E-state index in [0.717, 1.165) is 11.2 Å². The van der Waals surface area contributed by atoms with Gasteiger partial charge in [-0.3, -0.25) is 2.78 Å². The minimum absolute atomic E-state index is 0.947. The zero-order valence-electron chi connectivity index (χ0n) is 11.9. The second kappa shape index (κ2) is 4.26. The minimum atomic E-state index is 0.947. The van der Waals surface area contributed by atoms with Gasteiger partial charge in [-0.25, -0.2) is 0 Å². The minimum Gasteiger partial charge on any atom is -0.456 e. The quantitative estimate of drug-likeness (QED) is 0.285. The van der Waals surface area contributed by atoms with Gasteiger partial charge in [-0.05, 0) is 37.3 Å². The lowest BCUT2D eigenvalue weighted by Gasteiger charge is -1.97. The van der Waals surface area contributed by atoms with Crippen molar-refractivity contribution in [1.29, 1.82) is 0 Å². The molecule has 0 unspecified atom stereocenters. The number of hydrogen-bond donors (Lipinski definition) is 0. The molecule has 0 aliphatic carbocycles. The average molecular weight is 397 g/mol. The van der Waals surface area contributed by atoms with Crippen LogP contribution < -0.4 is 0 Å². The van der Waals surface area contributed by atoms with Crippen molar-refractivity contribution < 1.29 is 4.42 Å². The van der Waals surface area contributed by atoms with Gasteiger partial charge in [-0.15, -0.1) is 0 Å². The fraction of sp³-hybridized carbons (Fsp3) is 0.0526. The predicted octanol–water partition coefficient (Wildman–Crippen LogP) is 6.20. The molecular formula is C19H12INO. The summed E-state index contributed by atoms with van der Waals surface area (Å²) in [6, 6.07) is 19.2. The molecular weight excluding hydrogens is 385 g/mol. The number of hydrogen-bond acceptors (Lipinski definition) is 1. The second-order valence-electron chi connectivity index (χ2n) is 5.73. The fourth-order valence-electron chi connectivity index (χ4n) is 3.38. The molecule has 2 aromatic heterocycles. The van der Waals surface area contributed by atoms with Crippen LogP contribution in [0.25, 0.3) is 43.7 Å². The van der Waals surface area contributed by atoms with E-state index in [4.69, 9.17) is 4.42 Å². The molecule has 0 aliphatic heterocycles. The molecule has 0 fully saturated rings. The lowest BCUT2D eigenvalue weighted by atomic mass is 10.1. The van der Waals surface area contributed by atoms with E-state index in [1.165, 1.54) is 38.1 Å². The molecule has 0 spiro atoms. The first kappa shape index (κ1) is 12.5. The summed E-state index contributed by atoms with van der Waals surface area (Å²) in [4.78, 5) is 0. The van der Waals surface area contributed by atoms with Gasteiger partial charge in [-0.1, -0.05) is 29.8 Å². The number of benzene rings is 3. The van der Waals surface area contributed by atoms with Crippen molar-refractivity contribution in [3.8, 4) is 0 Å². The van der Waals surface area contributed by atoms with Gasteiger partial charge in [0.1, 0.15) is 11.2 Å². The predicted molar refractivity (Wildman–Crippen MR) is 101 cm³/mol. The molecule has 5 aromatic rings. The van der Waals surface area contributed by atoms with Crippen molar-refractivity contribution in [3.63, 3.8) is 0 Å². The van der Waals surface area contributed by atoms with Crippen LogP contribution in [0.3, 0.4) is 0 Å². The third kappa shape index (κ3) is 1.49. The third-order valence-electron chi connectivity index (χ3n) is 4.37. The molecule has 106 valence electrons. The lowest BCUT2D eigenvalue weighted by molar-refractivity contribution is 0.669. The largest absolute Gasteiger partial charge is 0.456 e. The van der Waals surface area contributed by atoms with Crippen LogP contribution in [-0.2, 0) is 0 Å². The Morgan fingerprint density at radius 1 is 0.864 bits per heavy atom. The Kier molecular flexibility index (Phi) is 2.42. The van der Waals surface area contributed by atoms with Crippen molar-refractivity contribution >= 4 is 66.6 Å². The van der Waals surface area contributed by atoms with Crippen molar-refractivity contribution in [2.75, 3.05) is 0 Å². The number of aromatic nitrogens is 1. The number of para-hydroxylation sites is 1. The van der Waals surface area contributed by atoms with Crippen molar-refractivity contribution in [2.24, 2.45) is 0 Å². The maximum Gasteiger partial charge on any atom is 0.137 e. The van der Waals surface area contributed by atoms with E-state index in [2.05, 4.69) is 75.0 Å². The highest BCUT2D eigenvalue weighted by Gasteiger charge is 2.16. The fourth-order valence-corrected chi connectivity index (χ4v) is 4.30. The van der Waals surface area contributed by atoms with Crippen LogP contribution in [0.4, 0.5) is 0 Å². The SMILES string of the molecule is Cc1ccc2c(c1)c1ccc3oc4ccccc4c3c1n2I. The molecule has 3 aromatic carbocycles. The Balaban J connectivity index is 2.15. The molecule has 0 saturated heterocycles. The Morgan fingerprint density at radius 3 is 2.64 bits per heavy atom. The molecule has 0 saturated carbocycles. The van der Waals surface area contributed by atoms with Gasteiger partial charge in [0.05, 0.1) is 39.3 Å². The Bertz CT molecular complexity index is 1200. The highest BCUT2D eigenvalue weighted by molar-refractivity contribution is 14.1. The van der Waals surface area contributed by atoms with Gasteiger partial charge in [0.2, 0.25) is 0 Å². The smallest absolute Gasteiger partial charge is 0.137 e. The summed E-state index contributed by atoms with van der Waals surface area (Å²) in [7, 11) is 0. The van der Waals surface area contributed by atoms with Crippen LogP contribution in [-0.4, -0.2) is 2.78 Å². The van der Waals surface area contributed by atoms with Gasteiger partial charge in [0, 0.05) is 16.2 Å². The van der Waals surface area contributed by atoms with Gasteiger partial charge in [0.15, 0.2) is 0 Å². The maximum atomic E-state index is 6.02. The second-order valence-corrected chi connectivity index (χ2v) is 6.70. The van der Waals surface area contributed by atoms with E-state index in [1.807, 2.05) is 12.1 Å². The van der Waals surface area contributed by atoms with Gasteiger partial charge in [-0.2, -0.15) is 0 Å². The van der Waals surface area contributed by atoms with E-state index >= 15 is 0 Å². The van der Waals surface area contributed by atoms with Crippen LogP contribution in [0.2, 0.25) is 0 Å². The summed E-state index contributed by atoms with van der Waals surface area (Å²) >= 11 is 2.40. The molecule has 2 heterocycles. The van der Waals surface area contributed by atoms with Crippen LogP contribution in [0.1, 0.15) is 5.56 Å². The van der Waals surface area contributed by atoms with Crippen LogP contribution in [0.15, 0.2) is 59.0 Å². The van der Waals surface area contributed by atoms with Gasteiger partial charge < -0.3 is 4.42 Å². The molecule has 5 rings (SSSR count). The van der Waals surface area contributed by atoms with E-state index in [-0.39, 0.29) is 0 Å². The summed E-state index contributed by atoms with van der Waals surface area (Å²) in [5.41, 5.74) is 5.67. The van der Waals surface area contributed by atoms with Crippen LogP contribution in [0.5, 0.6) is 0 Å². The van der Waals surface area contributed by atoms with E-state index in [1.54, 1.807) is 0 Å². The summed E-state index contributed by atoms with van der Waals surface area (Å²) in [5.74, 6) is 0.